The normalized spacial score (nSPS) is 17.1. The molecule has 1 aliphatic rings. The molecule has 5 heteroatoms. The molecule has 5 nitrogen and oxygen atoms in total. The number of benzene rings is 1. The van der Waals surface area contributed by atoms with E-state index in [0.29, 0.717) is 5.56 Å². The van der Waals surface area contributed by atoms with Crippen LogP contribution in [0.2, 0.25) is 0 Å². The van der Waals surface area contributed by atoms with Gasteiger partial charge >= 0.3 is 0 Å². The van der Waals surface area contributed by atoms with Gasteiger partial charge in [-0.25, -0.2) is 0 Å². The molecule has 2 aromatic rings. The quantitative estimate of drug-likeness (QED) is 0.759. The molecule has 0 saturated carbocycles. The molecule has 4 N–H and O–H groups in total. The largest absolute Gasteiger partial charge is 0.366 e. The predicted octanol–water partition coefficient (Wildman–Crippen LogP) is 1.51. The number of aromatic amines is 1. The first-order chi connectivity index (χ1) is 9.08. The molecule has 1 aromatic heterocycles. The van der Waals surface area contributed by atoms with E-state index >= 15 is 0 Å². The average Bonchev–Trinajstić information content (AvgIpc) is 2.90. The van der Waals surface area contributed by atoms with E-state index in [9.17, 15) is 9.59 Å². The number of hydrogen-bond donors (Lipinski definition) is 3. The number of aryl methyl sites for hydroxylation is 1. The Balaban J connectivity index is 2.15. The van der Waals surface area contributed by atoms with E-state index in [1.807, 2.05) is 13.0 Å². The summed E-state index contributed by atoms with van der Waals surface area (Å²) < 4.78 is 0. The second kappa shape index (κ2) is 3.98. The van der Waals surface area contributed by atoms with Gasteiger partial charge in [0, 0.05) is 23.1 Å². The molecule has 96 valence electrons. The third kappa shape index (κ3) is 1.71. The lowest BCUT2D eigenvalue weighted by Gasteiger charge is -2.09. The van der Waals surface area contributed by atoms with Crippen molar-refractivity contribution in [3.05, 3.63) is 52.8 Å². The van der Waals surface area contributed by atoms with Crippen LogP contribution in [0.4, 0.5) is 5.69 Å². The molecule has 1 aliphatic heterocycles. The topological polar surface area (TPSA) is 88.0 Å². The van der Waals surface area contributed by atoms with Gasteiger partial charge < -0.3 is 16.0 Å². The number of nitrogens with one attached hydrogen (secondary N) is 2. The summed E-state index contributed by atoms with van der Waals surface area (Å²) >= 11 is 0. The maximum absolute atomic E-state index is 12.1. The van der Waals surface area contributed by atoms with Gasteiger partial charge in [-0.3, -0.25) is 9.59 Å². The summed E-state index contributed by atoms with van der Waals surface area (Å²) in [6, 6.07) is 6.90. The van der Waals surface area contributed by atoms with Crippen LogP contribution in [0.25, 0.3) is 0 Å². The van der Waals surface area contributed by atoms with E-state index in [0.717, 1.165) is 22.5 Å². The highest BCUT2D eigenvalue weighted by Gasteiger charge is 2.33. The van der Waals surface area contributed by atoms with Crippen molar-refractivity contribution in [3.8, 4) is 0 Å². The van der Waals surface area contributed by atoms with Crippen molar-refractivity contribution in [2.24, 2.45) is 5.73 Å². The molecule has 2 heterocycles. The molecular weight excluding hydrogens is 242 g/mol. The van der Waals surface area contributed by atoms with Crippen molar-refractivity contribution in [2.45, 2.75) is 12.8 Å². The van der Waals surface area contributed by atoms with E-state index in [1.54, 1.807) is 24.4 Å². The standard InChI is InChI=1S/C14H13N3O2/c1-7-9(4-5-16-7)12-10-6-8(13(15)18)2-3-11(10)17-14(12)19/h2-6,12,16H,1H3,(H2,15,18)(H,17,19). The average molecular weight is 255 g/mol. The van der Waals surface area contributed by atoms with Crippen molar-refractivity contribution in [1.29, 1.82) is 0 Å². The fraction of sp³-hybridized carbons (Fsp3) is 0.143. The molecule has 1 aromatic carbocycles. The van der Waals surface area contributed by atoms with Crippen LogP contribution in [0.5, 0.6) is 0 Å². The van der Waals surface area contributed by atoms with E-state index in [2.05, 4.69) is 10.3 Å². The van der Waals surface area contributed by atoms with E-state index in [-0.39, 0.29) is 11.8 Å². The number of H-pyrrole nitrogens is 1. The van der Waals surface area contributed by atoms with E-state index in [1.165, 1.54) is 0 Å². The van der Waals surface area contributed by atoms with Crippen molar-refractivity contribution >= 4 is 17.5 Å². The molecule has 1 unspecified atom stereocenters. The number of carbonyl (C=O) groups is 2. The Kier molecular flexibility index (Phi) is 2.41. The molecule has 0 aliphatic carbocycles. The van der Waals surface area contributed by atoms with Crippen LogP contribution < -0.4 is 11.1 Å². The van der Waals surface area contributed by atoms with Crippen molar-refractivity contribution in [3.63, 3.8) is 0 Å². The fourth-order valence-corrected chi connectivity index (χ4v) is 2.50. The molecule has 19 heavy (non-hydrogen) atoms. The van der Waals surface area contributed by atoms with E-state index < -0.39 is 5.91 Å². The minimum absolute atomic E-state index is 0.0840. The summed E-state index contributed by atoms with van der Waals surface area (Å²) in [6.07, 6.45) is 1.80. The molecule has 0 spiro atoms. The van der Waals surface area contributed by atoms with Gasteiger partial charge in [-0.1, -0.05) is 0 Å². The molecule has 0 bridgehead atoms. The minimum atomic E-state index is -0.494. The Hall–Kier alpha value is -2.56. The maximum atomic E-state index is 12.1. The van der Waals surface area contributed by atoms with Crippen molar-refractivity contribution < 1.29 is 9.59 Å². The van der Waals surface area contributed by atoms with Crippen LogP contribution in [-0.2, 0) is 4.79 Å². The van der Waals surface area contributed by atoms with Gasteiger partial charge in [-0.15, -0.1) is 0 Å². The van der Waals surface area contributed by atoms with Gasteiger partial charge in [-0.05, 0) is 42.3 Å². The number of amides is 2. The molecule has 0 saturated heterocycles. The van der Waals surface area contributed by atoms with Gasteiger partial charge in [0.2, 0.25) is 11.8 Å². The van der Waals surface area contributed by atoms with Crippen LogP contribution >= 0.6 is 0 Å². The second-order valence-electron chi connectivity index (χ2n) is 4.65. The number of rotatable bonds is 2. The minimum Gasteiger partial charge on any atom is -0.366 e. The summed E-state index contributed by atoms with van der Waals surface area (Å²) in [4.78, 5) is 26.4. The number of anilines is 1. The monoisotopic (exact) mass is 255 g/mol. The SMILES string of the molecule is Cc1[nH]ccc1C1C(=O)Nc2ccc(C(N)=O)cc21. The van der Waals surface area contributed by atoms with Gasteiger partial charge in [-0.2, -0.15) is 0 Å². The van der Waals surface area contributed by atoms with Gasteiger partial charge in [0.25, 0.3) is 0 Å². The zero-order valence-corrected chi connectivity index (χ0v) is 10.4. The summed E-state index contributed by atoms with van der Waals surface area (Å²) in [5, 5.41) is 2.82. The number of nitrogens with two attached hydrogens (primary N) is 1. The molecular formula is C14H13N3O2. The van der Waals surface area contributed by atoms with Crippen LogP contribution in [0, 0.1) is 6.92 Å². The summed E-state index contributed by atoms with van der Waals surface area (Å²) in [5.41, 5.74) is 9.09. The smallest absolute Gasteiger partial charge is 0.248 e. The fourth-order valence-electron chi connectivity index (χ4n) is 2.50. The number of primary amides is 1. The zero-order chi connectivity index (χ0) is 13.6. The Labute approximate surface area is 109 Å². The first-order valence-electron chi connectivity index (χ1n) is 5.96. The first kappa shape index (κ1) is 11.5. The highest BCUT2D eigenvalue weighted by Crippen LogP contribution is 2.38. The van der Waals surface area contributed by atoms with Gasteiger partial charge in [0.15, 0.2) is 0 Å². The Morgan fingerprint density at radius 2 is 2.05 bits per heavy atom. The maximum Gasteiger partial charge on any atom is 0.248 e. The van der Waals surface area contributed by atoms with Crippen LogP contribution in [0.15, 0.2) is 30.5 Å². The summed E-state index contributed by atoms with van der Waals surface area (Å²) in [6.45, 7) is 1.92. The van der Waals surface area contributed by atoms with Gasteiger partial charge in [0.05, 0.1) is 5.92 Å². The molecule has 0 fully saturated rings. The highest BCUT2D eigenvalue weighted by molar-refractivity contribution is 6.06. The third-order valence-corrected chi connectivity index (χ3v) is 3.47. The lowest BCUT2D eigenvalue weighted by molar-refractivity contribution is -0.116. The highest BCUT2D eigenvalue weighted by atomic mass is 16.2. The zero-order valence-electron chi connectivity index (χ0n) is 10.4. The third-order valence-electron chi connectivity index (χ3n) is 3.47. The number of carbonyl (C=O) groups excluding carboxylic acids is 2. The number of aromatic nitrogens is 1. The molecule has 0 radical (unpaired) electrons. The molecule has 3 rings (SSSR count). The van der Waals surface area contributed by atoms with Gasteiger partial charge in [0.1, 0.15) is 0 Å². The predicted molar refractivity (Wildman–Crippen MR) is 71.0 cm³/mol. The Bertz CT molecular complexity index is 688. The number of fused-ring (bicyclic) bond motifs is 1. The lowest BCUT2D eigenvalue weighted by Crippen LogP contribution is -2.14. The second-order valence-corrected chi connectivity index (χ2v) is 4.65. The summed E-state index contributed by atoms with van der Waals surface area (Å²) in [7, 11) is 0. The Morgan fingerprint density at radius 1 is 1.26 bits per heavy atom. The molecule has 1 atom stereocenters. The lowest BCUT2D eigenvalue weighted by atomic mass is 9.91. The van der Waals surface area contributed by atoms with Crippen molar-refractivity contribution in [2.75, 3.05) is 5.32 Å². The first-order valence-corrected chi connectivity index (χ1v) is 5.96. The van der Waals surface area contributed by atoms with Crippen LogP contribution in [0.3, 0.4) is 0 Å². The van der Waals surface area contributed by atoms with Crippen molar-refractivity contribution in [1.82, 2.24) is 4.98 Å². The molecule has 2 amide bonds. The summed E-state index contributed by atoms with van der Waals surface area (Å²) in [5.74, 6) is -0.966. The van der Waals surface area contributed by atoms with E-state index in [4.69, 9.17) is 5.73 Å². The van der Waals surface area contributed by atoms with Crippen LogP contribution in [0.1, 0.15) is 33.1 Å². The number of hydrogen-bond acceptors (Lipinski definition) is 2. The van der Waals surface area contributed by atoms with Crippen LogP contribution in [-0.4, -0.2) is 16.8 Å². The Morgan fingerprint density at radius 3 is 2.68 bits per heavy atom.